The molecular weight excluding hydrogens is 420 g/mol. The molecule has 0 radical (unpaired) electrons. The van der Waals surface area contributed by atoms with Gasteiger partial charge < -0.3 is 25.2 Å². The van der Waals surface area contributed by atoms with Crippen molar-refractivity contribution < 1.29 is 18.8 Å². The molecule has 2 aliphatic carbocycles. The van der Waals surface area contributed by atoms with Crippen LogP contribution in [0.4, 0.5) is 11.4 Å². The fourth-order valence-corrected chi connectivity index (χ4v) is 5.45. The van der Waals surface area contributed by atoms with Gasteiger partial charge in [-0.05, 0) is 75.5 Å². The Morgan fingerprint density at radius 1 is 1.18 bits per heavy atom. The molecule has 8 heteroatoms. The number of aromatic nitrogens is 1. The third kappa shape index (κ3) is 4.49. The van der Waals surface area contributed by atoms with Crippen LogP contribution in [0.1, 0.15) is 50.0 Å². The van der Waals surface area contributed by atoms with Crippen LogP contribution in [0.5, 0.6) is 0 Å². The Hall–Kier alpha value is -2.87. The Morgan fingerprint density at radius 3 is 2.67 bits per heavy atom. The summed E-state index contributed by atoms with van der Waals surface area (Å²) >= 11 is 0. The topological polar surface area (TPSA) is 105 Å². The van der Waals surface area contributed by atoms with Crippen LogP contribution in [0, 0.1) is 25.7 Å². The quantitative estimate of drug-likeness (QED) is 0.616. The first-order valence-corrected chi connectivity index (χ1v) is 11.9. The van der Waals surface area contributed by atoms with E-state index in [1.165, 1.54) is 0 Å². The number of fused-ring (bicyclic) bond motifs is 1. The molecular formula is C25H32N4O4. The third-order valence-corrected chi connectivity index (χ3v) is 7.42. The van der Waals surface area contributed by atoms with Gasteiger partial charge >= 0.3 is 0 Å². The first-order chi connectivity index (χ1) is 15.9. The zero-order valence-corrected chi connectivity index (χ0v) is 19.4. The number of amides is 2. The van der Waals surface area contributed by atoms with Gasteiger partial charge in [0.25, 0.3) is 0 Å². The normalized spacial score (nSPS) is 28.6. The van der Waals surface area contributed by atoms with Crippen LogP contribution in [-0.2, 0) is 14.3 Å². The fraction of sp³-hybridized carbons (Fsp3) is 0.560. The maximum atomic E-state index is 13.2. The van der Waals surface area contributed by atoms with Crippen molar-refractivity contribution in [1.82, 2.24) is 10.5 Å². The van der Waals surface area contributed by atoms with E-state index in [1.54, 1.807) is 7.11 Å². The van der Waals surface area contributed by atoms with Crippen molar-refractivity contribution in [2.24, 2.45) is 11.8 Å². The second-order valence-corrected chi connectivity index (χ2v) is 9.71. The number of piperidine rings is 1. The molecule has 2 amide bonds. The summed E-state index contributed by atoms with van der Waals surface area (Å²) in [5.74, 6) is 1.14. The van der Waals surface area contributed by atoms with Gasteiger partial charge in [0, 0.05) is 25.1 Å². The van der Waals surface area contributed by atoms with Gasteiger partial charge in [-0.3, -0.25) is 9.59 Å². The maximum absolute atomic E-state index is 13.2. The number of hydrogen-bond donors (Lipinski definition) is 3. The van der Waals surface area contributed by atoms with E-state index >= 15 is 0 Å². The van der Waals surface area contributed by atoms with Crippen LogP contribution in [0.2, 0.25) is 0 Å². The molecule has 176 valence electrons. The molecule has 2 aromatic rings. The zero-order valence-electron chi connectivity index (χ0n) is 19.4. The summed E-state index contributed by atoms with van der Waals surface area (Å²) in [5.41, 5.74) is 4.28. The largest absolute Gasteiger partial charge is 0.381 e. The summed E-state index contributed by atoms with van der Waals surface area (Å²) in [5, 5.41) is 13.7. The lowest BCUT2D eigenvalue weighted by Crippen LogP contribution is -2.48. The molecule has 1 aliphatic heterocycles. The van der Waals surface area contributed by atoms with Gasteiger partial charge in [-0.15, -0.1) is 0 Å². The number of nitrogens with zero attached hydrogens (tertiary/aromatic N) is 1. The molecule has 1 aromatic carbocycles. The number of carbonyl (C=O) groups is 2. The number of methoxy groups -OCH3 is 1. The maximum Gasteiger partial charge on any atom is 0.247 e. The molecule has 2 saturated carbocycles. The average molecular weight is 453 g/mol. The zero-order chi connectivity index (χ0) is 23.1. The molecule has 3 atom stereocenters. The van der Waals surface area contributed by atoms with Crippen LogP contribution in [-0.4, -0.2) is 42.3 Å². The van der Waals surface area contributed by atoms with Crippen molar-refractivity contribution in [2.75, 3.05) is 17.7 Å². The highest BCUT2D eigenvalue weighted by molar-refractivity contribution is 6.01. The van der Waals surface area contributed by atoms with E-state index in [1.807, 2.05) is 32.0 Å². The smallest absolute Gasteiger partial charge is 0.247 e. The summed E-state index contributed by atoms with van der Waals surface area (Å²) in [4.78, 5) is 25.2. The van der Waals surface area contributed by atoms with Crippen molar-refractivity contribution in [3.63, 3.8) is 0 Å². The second kappa shape index (κ2) is 8.82. The molecule has 3 fully saturated rings. The molecule has 8 nitrogen and oxygen atoms in total. The number of aryl methyl sites for hydroxylation is 2. The Kier molecular flexibility index (Phi) is 5.86. The van der Waals surface area contributed by atoms with Gasteiger partial charge in [0.05, 0.1) is 23.2 Å². The molecule has 2 unspecified atom stereocenters. The molecule has 33 heavy (non-hydrogen) atoms. The van der Waals surface area contributed by atoms with Gasteiger partial charge in [0.2, 0.25) is 11.8 Å². The number of benzene rings is 1. The molecule has 1 saturated heterocycles. The highest BCUT2D eigenvalue weighted by atomic mass is 16.5. The lowest BCUT2D eigenvalue weighted by molar-refractivity contribution is -0.128. The standard InChI is InChI=1S/C25H32N4O4/c1-13-23(14(2)33-29-13)15-4-9-20(26-17-5-7-18(32-3)8-6-17)21(11-15)27-25(31)24-19-10-16(19)12-22(30)28-24/h4,9,11,16-19,24,26H,5-8,10,12H2,1-3H3,(H,27,31)(H,28,30)/t16?,17?,18?,19?,24-/m0/s1. The highest BCUT2D eigenvalue weighted by Crippen LogP contribution is 2.46. The Bertz CT molecular complexity index is 1040. The van der Waals surface area contributed by atoms with Crippen molar-refractivity contribution >= 4 is 23.2 Å². The molecule has 3 N–H and O–H groups in total. The minimum Gasteiger partial charge on any atom is -0.381 e. The molecule has 0 bridgehead atoms. The molecule has 1 aromatic heterocycles. The van der Waals surface area contributed by atoms with Crippen molar-refractivity contribution in [3.8, 4) is 11.1 Å². The predicted octanol–water partition coefficient (Wildman–Crippen LogP) is 3.79. The number of carbonyl (C=O) groups excluding carboxylic acids is 2. The van der Waals surface area contributed by atoms with Crippen molar-refractivity contribution in [1.29, 1.82) is 0 Å². The lowest BCUT2D eigenvalue weighted by Gasteiger charge is -2.30. The molecule has 5 rings (SSSR count). The van der Waals surface area contributed by atoms with Gasteiger partial charge in [0.1, 0.15) is 11.8 Å². The first-order valence-electron chi connectivity index (χ1n) is 11.9. The van der Waals surface area contributed by atoms with Crippen LogP contribution in [0.25, 0.3) is 11.1 Å². The summed E-state index contributed by atoms with van der Waals surface area (Å²) in [6.45, 7) is 3.80. The number of nitrogens with one attached hydrogen (secondary N) is 3. The molecule has 3 aliphatic rings. The van der Waals surface area contributed by atoms with Gasteiger partial charge in [-0.2, -0.15) is 0 Å². The number of hydrogen-bond acceptors (Lipinski definition) is 6. The average Bonchev–Trinajstić information content (AvgIpc) is 3.50. The Labute approximate surface area is 193 Å². The number of ether oxygens (including phenoxy) is 1. The lowest BCUT2D eigenvalue weighted by atomic mass is 9.92. The van der Waals surface area contributed by atoms with E-state index in [0.29, 0.717) is 30.2 Å². The van der Waals surface area contributed by atoms with E-state index in [2.05, 4.69) is 21.1 Å². The number of rotatable bonds is 6. The minimum absolute atomic E-state index is 0.0355. The second-order valence-electron chi connectivity index (χ2n) is 9.71. The highest BCUT2D eigenvalue weighted by Gasteiger charge is 2.51. The summed E-state index contributed by atoms with van der Waals surface area (Å²) in [6.07, 6.45) is 5.86. The van der Waals surface area contributed by atoms with E-state index in [4.69, 9.17) is 9.26 Å². The number of anilines is 2. The molecule has 2 heterocycles. The summed E-state index contributed by atoms with van der Waals surface area (Å²) in [6, 6.07) is 5.87. The van der Waals surface area contributed by atoms with Gasteiger partial charge in [-0.1, -0.05) is 11.2 Å². The van der Waals surface area contributed by atoms with Gasteiger partial charge in [-0.25, -0.2) is 0 Å². The first kappa shape index (κ1) is 21.9. The van der Waals surface area contributed by atoms with Gasteiger partial charge in [0.15, 0.2) is 0 Å². The van der Waals surface area contributed by atoms with E-state index < -0.39 is 6.04 Å². The van der Waals surface area contributed by atoms with Crippen LogP contribution in [0.3, 0.4) is 0 Å². The SMILES string of the molecule is COC1CCC(Nc2ccc(-c3c(C)noc3C)cc2NC(=O)[C@H]2NC(=O)CC3CC32)CC1. The van der Waals surface area contributed by atoms with Crippen molar-refractivity contribution in [2.45, 2.75) is 70.6 Å². The summed E-state index contributed by atoms with van der Waals surface area (Å²) in [7, 11) is 1.77. The van der Waals surface area contributed by atoms with Crippen LogP contribution >= 0.6 is 0 Å². The Balaban J connectivity index is 1.40. The van der Waals surface area contributed by atoms with E-state index in [0.717, 1.165) is 60.4 Å². The Morgan fingerprint density at radius 2 is 1.97 bits per heavy atom. The summed E-state index contributed by atoms with van der Waals surface area (Å²) < 4.78 is 10.9. The molecule has 0 spiro atoms. The van der Waals surface area contributed by atoms with E-state index in [-0.39, 0.29) is 17.7 Å². The van der Waals surface area contributed by atoms with Crippen molar-refractivity contribution in [3.05, 3.63) is 29.7 Å². The van der Waals surface area contributed by atoms with Crippen LogP contribution in [0.15, 0.2) is 22.7 Å². The minimum atomic E-state index is -0.469. The predicted molar refractivity (Wildman–Crippen MR) is 125 cm³/mol. The van der Waals surface area contributed by atoms with Crippen LogP contribution < -0.4 is 16.0 Å². The van der Waals surface area contributed by atoms with E-state index in [9.17, 15) is 9.59 Å². The third-order valence-electron chi connectivity index (χ3n) is 7.42. The fourth-order valence-electron chi connectivity index (χ4n) is 5.45. The monoisotopic (exact) mass is 452 g/mol.